The molecule has 8 heteroatoms. The van der Waals surface area contributed by atoms with Gasteiger partial charge < -0.3 is 4.74 Å². The maximum absolute atomic E-state index is 13.6. The topological polar surface area (TPSA) is 81.1 Å². The summed E-state index contributed by atoms with van der Waals surface area (Å²) in [6.07, 6.45) is 4.96. The highest BCUT2D eigenvalue weighted by Gasteiger charge is 2.23. The van der Waals surface area contributed by atoms with E-state index in [9.17, 15) is 4.79 Å². The van der Waals surface area contributed by atoms with Gasteiger partial charge in [-0.25, -0.2) is 4.98 Å². The molecule has 0 radical (unpaired) electrons. The number of anilines is 1. The van der Waals surface area contributed by atoms with Crippen molar-refractivity contribution in [1.29, 1.82) is 0 Å². The van der Waals surface area contributed by atoms with Gasteiger partial charge in [-0.15, -0.1) is 0 Å². The number of methoxy groups -OCH3 is 1. The standard InChI is InChI=1S/C23H17N5O2S/c1-30-19-6-4-7-20-21(19)27-23(31-20)28(14-16-5-2-3-10-24-16)22(29)15-8-9-17-18(13-15)26-12-11-25-17/h2-13H,14H2,1H3. The Morgan fingerprint density at radius 3 is 2.65 bits per heavy atom. The Balaban J connectivity index is 1.60. The van der Waals surface area contributed by atoms with Crippen LogP contribution in [0.25, 0.3) is 21.3 Å². The minimum Gasteiger partial charge on any atom is -0.494 e. The van der Waals surface area contributed by atoms with Crippen LogP contribution in [0.5, 0.6) is 5.75 Å². The Morgan fingerprint density at radius 2 is 1.84 bits per heavy atom. The molecule has 5 rings (SSSR count). The summed E-state index contributed by atoms with van der Waals surface area (Å²) in [5.74, 6) is 0.488. The lowest BCUT2D eigenvalue weighted by Gasteiger charge is -2.19. The molecule has 1 amide bonds. The minimum atomic E-state index is -0.184. The largest absolute Gasteiger partial charge is 0.494 e. The van der Waals surface area contributed by atoms with Crippen molar-refractivity contribution in [2.75, 3.05) is 12.0 Å². The van der Waals surface area contributed by atoms with E-state index in [1.165, 1.54) is 11.3 Å². The Hall–Kier alpha value is -3.91. The quantitative estimate of drug-likeness (QED) is 0.411. The number of aromatic nitrogens is 4. The predicted molar refractivity (Wildman–Crippen MR) is 120 cm³/mol. The van der Waals surface area contributed by atoms with Gasteiger partial charge in [-0.2, -0.15) is 0 Å². The van der Waals surface area contributed by atoms with E-state index in [-0.39, 0.29) is 5.91 Å². The molecule has 7 nitrogen and oxygen atoms in total. The summed E-state index contributed by atoms with van der Waals surface area (Å²) in [7, 11) is 1.61. The van der Waals surface area contributed by atoms with E-state index in [1.807, 2.05) is 36.4 Å². The van der Waals surface area contributed by atoms with Crippen molar-refractivity contribution in [3.8, 4) is 5.75 Å². The fraction of sp³-hybridized carbons (Fsp3) is 0.0870. The number of benzene rings is 2. The number of pyridine rings is 1. The van der Waals surface area contributed by atoms with E-state index in [0.29, 0.717) is 28.5 Å². The maximum Gasteiger partial charge on any atom is 0.260 e. The van der Waals surface area contributed by atoms with Crippen LogP contribution in [0.4, 0.5) is 5.13 Å². The van der Waals surface area contributed by atoms with Gasteiger partial charge in [0.2, 0.25) is 0 Å². The summed E-state index contributed by atoms with van der Waals surface area (Å²) in [5, 5.41) is 0.578. The van der Waals surface area contributed by atoms with Gasteiger partial charge in [-0.3, -0.25) is 24.6 Å². The lowest BCUT2D eigenvalue weighted by molar-refractivity contribution is 0.0985. The summed E-state index contributed by atoms with van der Waals surface area (Å²) in [6.45, 7) is 0.292. The molecule has 0 atom stereocenters. The minimum absolute atomic E-state index is 0.184. The molecule has 3 heterocycles. The van der Waals surface area contributed by atoms with Gasteiger partial charge in [0, 0.05) is 24.2 Å². The van der Waals surface area contributed by atoms with Crippen LogP contribution in [-0.2, 0) is 6.54 Å². The van der Waals surface area contributed by atoms with Crippen molar-refractivity contribution in [2.45, 2.75) is 6.54 Å². The third-order valence-corrected chi connectivity index (χ3v) is 5.87. The van der Waals surface area contributed by atoms with Crippen LogP contribution >= 0.6 is 11.3 Å². The van der Waals surface area contributed by atoms with Gasteiger partial charge in [0.15, 0.2) is 5.13 Å². The number of thiazole rings is 1. The highest BCUT2D eigenvalue weighted by atomic mass is 32.1. The molecule has 0 saturated carbocycles. The van der Waals surface area contributed by atoms with E-state index in [4.69, 9.17) is 9.72 Å². The Bertz CT molecular complexity index is 1390. The third-order valence-electron chi connectivity index (χ3n) is 4.83. The van der Waals surface area contributed by atoms with Crippen molar-refractivity contribution >= 4 is 43.6 Å². The number of carbonyl (C=O) groups excluding carboxylic acids is 1. The van der Waals surface area contributed by atoms with E-state index in [0.717, 1.165) is 21.4 Å². The first-order chi connectivity index (χ1) is 15.2. The van der Waals surface area contributed by atoms with Crippen LogP contribution in [0, 0.1) is 0 Å². The highest BCUT2D eigenvalue weighted by Crippen LogP contribution is 2.35. The Kier molecular flexibility index (Phi) is 4.97. The van der Waals surface area contributed by atoms with Crippen molar-refractivity contribution < 1.29 is 9.53 Å². The molecule has 0 aliphatic rings. The summed E-state index contributed by atoms with van der Waals surface area (Å²) < 4.78 is 6.39. The van der Waals surface area contributed by atoms with Crippen LogP contribution in [0.1, 0.15) is 16.1 Å². The first kappa shape index (κ1) is 19.1. The summed E-state index contributed by atoms with van der Waals surface area (Å²) in [6, 6.07) is 16.7. The maximum atomic E-state index is 13.6. The number of para-hydroxylation sites is 1. The van der Waals surface area contributed by atoms with Crippen LogP contribution in [0.2, 0.25) is 0 Å². The van der Waals surface area contributed by atoms with Gasteiger partial charge in [-0.05, 0) is 42.5 Å². The smallest absolute Gasteiger partial charge is 0.260 e. The second-order valence-electron chi connectivity index (χ2n) is 6.78. The van der Waals surface area contributed by atoms with Gasteiger partial charge >= 0.3 is 0 Å². The van der Waals surface area contributed by atoms with Crippen molar-refractivity contribution in [1.82, 2.24) is 19.9 Å². The molecular formula is C23H17N5O2S. The summed E-state index contributed by atoms with van der Waals surface area (Å²) >= 11 is 1.44. The molecule has 0 spiro atoms. The fourth-order valence-electron chi connectivity index (χ4n) is 3.32. The molecular weight excluding hydrogens is 410 g/mol. The molecule has 3 aromatic heterocycles. The summed E-state index contributed by atoms with van der Waals surface area (Å²) in [4.78, 5) is 33.0. The Morgan fingerprint density at radius 1 is 0.968 bits per heavy atom. The molecule has 0 bridgehead atoms. The lowest BCUT2D eigenvalue weighted by Crippen LogP contribution is -2.30. The van der Waals surface area contributed by atoms with Gasteiger partial charge in [0.05, 0.1) is 35.1 Å². The molecule has 0 fully saturated rings. The number of carbonyl (C=O) groups is 1. The number of fused-ring (bicyclic) bond motifs is 2. The fourth-order valence-corrected chi connectivity index (χ4v) is 4.30. The zero-order valence-corrected chi connectivity index (χ0v) is 17.4. The summed E-state index contributed by atoms with van der Waals surface area (Å²) in [5.41, 5.74) is 3.41. The highest BCUT2D eigenvalue weighted by molar-refractivity contribution is 7.22. The first-order valence-electron chi connectivity index (χ1n) is 9.59. The first-order valence-corrected chi connectivity index (χ1v) is 10.4. The third kappa shape index (κ3) is 3.69. The second-order valence-corrected chi connectivity index (χ2v) is 7.78. The van der Waals surface area contributed by atoms with Gasteiger partial charge in [0.25, 0.3) is 5.91 Å². The SMILES string of the molecule is COc1cccc2sc(N(Cc3ccccn3)C(=O)c3ccc4nccnc4c3)nc12. The number of hydrogen-bond acceptors (Lipinski definition) is 7. The van der Waals surface area contributed by atoms with Crippen molar-refractivity contribution in [2.24, 2.45) is 0 Å². The van der Waals surface area contributed by atoms with Crippen LogP contribution in [0.3, 0.4) is 0 Å². The van der Waals surface area contributed by atoms with Crippen molar-refractivity contribution in [3.05, 3.63) is 84.4 Å². The monoisotopic (exact) mass is 427 g/mol. The Labute approximate surface area is 182 Å². The zero-order valence-electron chi connectivity index (χ0n) is 16.6. The van der Waals surface area contributed by atoms with Crippen LogP contribution in [-0.4, -0.2) is 33.0 Å². The van der Waals surface area contributed by atoms with Crippen LogP contribution < -0.4 is 9.64 Å². The molecule has 0 N–H and O–H groups in total. The molecule has 31 heavy (non-hydrogen) atoms. The number of hydrogen-bond donors (Lipinski definition) is 0. The van der Waals surface area contributed by atoms with Crippen LogP contribution in [0.15, 0.2) is 73.2 Å². The lowest BCUT2D eigenvalue weighted by atomic mass is 10.1. The van der Waals surface area contributed by atoms with Gasteiger partial charge in [-0.1, -0.05) is 23.5 Å². The molecule has 0 aliphatic carbocycles. The zero-order chi connectivity index (χ0) is 21.2. The van der Waals surface area contributed by atoms with E-state index in [2.05, 4.69) is 15.0 Å². The number of rotatable bonds is 5. The molecule has 0 unspecified atom stereocenters. The van der Waals surface area contributed by atoms with E-state index >= 15 is 0 Å². The van der Waals surface area contributed by atoms with E-state index in [1.54, 1.807) is 48.8 Å². The average molecular weight is 427 g/mol. The number of ether oxygens (including phenoxy) is 1. The van der Waals surface area contributed by atoms with Crippen molar-refractivity contribution in [3.63, 3.8) is 0 Å². The molecule has 152 valence electrons. The molecule has 2 aromatic carbocycles. The average Bonchev–Trinajstić information content (AvgIpc) is 3.26. The molecule has 5 aromatic rings. The normalized spacial score (nSPS) is 11.0. The molecule has 0 aliphatic heterocycles. The predicted octanol–water partition coefficient (Wildman–Crippen LogP) is 4.49. The second kappa shape index (κ2) is 8.08. The van der Waals surface area contributed by atoms with Gasteiger partial charge in [0.1, 0.15) is 11.3 Å². The number of nitrogens with zero attached hydrogens (tertiary/aromatic N) is 5. The van der Waals surface area contributed by atoms with E-state index < -0.39 is 0 Å². The molecule has 0 saturated heterocycles. The number of amides is 1.